The molecule has 0 bridgehead atoms. The van der Waals surface area contributed by atoms with Gasteiger partial charge in [-0.2, -0.15) is 0 Å². The summed E-state index contributed by atoms with van der Waals surface area (Å²) < 4.78 is 5.58. The molecule has 1 aromatic carbocycles. The molecule has 0 saturated heterocycles. The van der Waals surface area contributed by atoms with E-state index in [1.54, 1.807) is 6.08 Å². The van der Waals surface area contributed by atoms with Gasteiger partial charge in [-0.15, -0.1) is 30.6 Å². The standard InChI is InChI=1S/C15H22ClN3O.HI/c1-4-9-18-15(17-5-2)19-11-12-7-8-13(16)10-14(12)20-6-3;/h4,7-8,10H,1,5-6,9,11H2,2-3H3,(H2,17,18,19);1H. The van der Waals surface area contributed by atoms with Crippen LogP contribution in [-0.4, -0.2) is 25.7 Å². The summed E-state index contributed by atoms with van der Waals surface area (Å²) in [6.45, 7) is 10.3. The van der Waals surface area contributed by atoms with Gasteiger partial charge in [-0.25, -0.2) is 4.99 Å². The molecule has 0 aromatic heterocycles. The fourth-order valence-corrected chi connectivity index (χ4v) is 1.79. The molecule has 0 aliphatic rings. The average Bonchev–Trinajstić information content (AvgIpc) is 2.44. The van der Waals surface area contributed by atoms with Crippen LogP contribution in [0.4, 0.5) is 0 Å². The molecule has 21 heavy (non-hydrogen) atoms. The van der Waals surface area contributed by atoms with Crippen LogP contribution in [0.5, 0.6) is 5.75 Å². The minimum absolute atomic E-state index is 0. The lowest BCUT2D eigenvalue weighted by molar-refractivity contribution is 0.336. The first-order valence-corrected chi connectivity index (χ1v) is 7.13. The molecule has 0 atom stereocenters. The zero-order chi connectivity index (χ0) is 14.8. The summed E-state index contributed by atoms with van der Waals surface area (Å²) >= 11 is 5.98. The number of aliphatic imine (C=N–C) groups is 1. The summed E-state index contributed by atoms with van der Waals surface area (Å²) in [6, 6.07) is 5.60. The number of hydrogen-bond acceptors (Lipinski definition) is 2. The Kier molecular flexibility index (Phi) is 11.2. The molecule has 4 nitrogen and oxygen atoms in total. The van der Waals surface area contributed by atoms with Crippen LogP contribution in [-0.2, 0) is 6.54 Å². The zero-order valence-corrected chi connectivity index (χ0v) is 15.6. The van der Waals surface area contributed by atoms with Crippen molar-refractivity contribution in [3.8, 4) is 5.75 Å². The van der Waals surface area contributed by atoms with Gasteiger partial charge in [0.1, 0.15) is 5.75 Å². The van der Waals surface area contributed by atoms with Crippen molar-refractivity contribution in [2.75, 3.05) is 19.7 Å². The van der Waals surface area contributed by atoms with E-state index in [1.165, 1.54) is 0 Å². The van der Waals surface area contributed by atoms with Crippen LogP contribution < -0.4 is 15.4 Å². The average molecular weight is 424 g/mol. The van der Waals surface area contributed by atoms with Crippen LogP contribution in [0.2, 0.25) is 5.02 Å². The fraction of sp³-hybridized carbons (Fsp3) is 0.400. The predicted molar refractivity (Wildman–Crippen MR) is 101 cm³/mol. The molecule has 2 N–H and O–H groups in total. The van der Waals surface area contributed by atoms with E-state index in [0.29, 0.717) is 24.7 Å². The van der Waals surface area contributed by atoms with Gasteiger partial charge in [0.25, 0.3) is 0 Å². The molecular weight excluding hydrogens is 401 g/mol. The second-order valence-electron chi connectivity index (χ2n) is 4.05. The normalized spacial score (nSPS) is 10.5. The molecule has 0 fully saturated rings. The van der Waals surface area contributed by atoms with Crippen LogP contribution in [0.3, 0.4) is 0 Å². The summed E-state index contributed by atoms with van der Waals surface area (Å²) in [5, 5.41) is 7.00. The Morgan fingerprint density at radius 1 is 1.38 bits per heavy atom. The second-order valence-corrected chi connectivity index (χ2v) is 4.49. The molecule has 0 heterocycles. The Labute approximate surface area is 149 Å². The van der Waals surface area contributed by atoms with Crippen LogP contribution in [0, 0.1) is 0 Å². The Bertz CT molecular complexity index is 466. The summed E-state index contributed by atoms with van der Waals surface area (Å²) in [5.74, 6) is 1.54. The molecule has 0 amide bonds. The van der Waals surface area contributed by atoms with Crippen molar-refractivity contribution in [1.82, 2.24) is 10.6 Å². The van der Waals surface area contributed by atoms with Crippen molar-refractivity contribution in [3.05, 3.63) is 41.4 Å². The first-order valence-electron chi connectivity index (χ1n) is 6.75. The number of guanidine groups is 1. The molecule has 1 rings (SSSR count). The highest BCUT2D eigenvalue weighted by Crippen LogP contribution is 2.24. The lowest BCUT2D eigenvalue weighted by Gasteiger charge is -2.12. The number of hydrogen-bond donors (Lipinski definition) is 2. The molecule has 0 aliphatic heterocycles. The van der Waals surface area contributed by atoms with Gasteiger partial charge in [0.2, 0.25) is 0 Å². The first-order chi connectivity index (χ1) is 9.71. The Balaban J connectivity index is 0.00000400. The summed E-state index contributed by atoms with van der Waals surface area (Å²) in [6.07, 6.45) is 1.79. The molecule has 0 unspecified atom stereocenters. The summed E-state index contributed by atoms with van der Waals surface area (Å²) in [4.78, 5) is 4.52. The van der Waals surface area contributed by atoms with Crippen LogP contribution >= 0.6 is 35.6 Å². The topological polar surface area (TPSA) is 45.7 Å². The molecule has 0 saturated carbocycles. The van der Waals surface area contributed by atoms with Gasteiger partial charge in [-0.3, -0.25) is 0 Å². The Morgan fingerprint density at radius 3 is 2.76 bits per heavy atom. The molecular formula is C15H23ClIN3O. The summed E-state index contributed by atoms with van der Waals surface area (Å²) in [7, 11) is 0. The third kappa shape index (κ3) is 7.57. The number of nitrogens with one attached hydrogen (secondary N) is 2. The molecule has 0 spiro atoms. The number of halogens is 2. The lowest BCUT2D eigenvalue weighted by atomic mass is 10.2. The second kappa shape index (κ2) is 11.7. The van der Waals surface area contributed by atoms with Gasteiger partial charge in [0, 0.05) is 23.7 Å². The highest BCUT2D eigenvalue weighted by molar-refractivity contribution is 14.0. The third-order valence-corrected chi connectivity index (χ3v) is 2.73. The van der Waals surface area contributed by atoms with Crippen molar-refractivity contribution in [1.29, 1.82) is 0 Å². The molecule has 0 radical (unpaired) electrons. The van der Waals surface area contributed by atoms with Gasteiger partial charge in [-0.05, 0) is 26.0 Å². The van der Waals surface area contributed by atoms with E-state index in [-0.39, 0.29) is 24.0 Å². The van der Waals surface area contributed by atoms with Gasteiger partial charge in [0.15, 0.2) is 5.96 Å². The smallest absolute Gasteiger partial charge is 0.191 e. The predicted octanol–water partition coefficient (Wildman–Crippen LogP) is 3.60. The quantitative estimate of drug-likeness (QED) is 0.305. The number of benzene rings is 1. The van der Waals surface area contributed by atoms with Crippen molar-refractivity contribution in [2.45, 2.75) is 20.4 Å². The molecule has 1 aromatic rings. The highest BCUT2D eigenvalue weighted by Gasteiger charge is 2.04. The maximum absolute atomic E-state index is 5.98. The van der Waals surface area contributed by atoms with Crippen molar-refractivity contribution < 1.29 is 4.74 Å². The van der Waals surface area contributed by atoms with E-state index < -0.39 is 0 Å². The summed E-state index contributed by atoms with van der Waals surface area (Å²) in [5.41, 5.74) is 1.01. The minimum Gasteiger partial charge on any atom is -0.493 e. The SMILES string of the molecule is C=CCNC(=NCc1ccc(Cl)cc1OCC)NCC.I. The minimum atomic E-state index is 0. The molecule has 0 aliphatic carbocycles. The maximum atomic E-state index is 5.98. The van der Waals surface area contributed by atoms with Gasteiger partial charge >= 0.3 is 0 Å². The van der Waals surface area contributed by atoms with Crippen molar-refractivity contribution in [2.24, 2.45) is 4.99 Å². The van der Waals surface area contributed by atoms with Crippen molar-refractivity contribution >= 4 is 41.5 Å². The zero-order valence-electron chi connectivity index (χ0n) is 12.5. The third-order valence-electron chi connectivity index (χ3n) is 2.49. The van der Waals surface area contributed by atoms with E-state index >= 15 is 0 Å². The van der Waals surface area contributed by atoms with Crippen molar-refractivity contribution in [3.63, 3.8) is 0 Å². The van der Waals surface area contributed by atoms with E-state index in [1.807, 2.05) is 32.0 Å². The highest BCUT2D eigenvalue weighted by atomic mass is 127. The number of ether oxygens (including phenoxy) is 1. The first kappa shape index (κ1) is 20.1. The van der Waals surface area contributed by atoms with Gasteiger partial charge in [0.05, 0.1) is 13.2 Å². The van der Waals surface area contributed by atoms with Gasteiger partial charge < -0.3 is 15.4 Å². The lowest BCUT2D eigenvalue weighted by Crippen LogP contribution is -2.37. The van der Waals surface area contributed by atoms with Crippen LogP contribution in [0.25, 0.3) is 0 Å². The molecule has 6 heteroatoms. The van der Waals surface area contributed by atoms with E-state index in [0.717, 1.165) is 23.8 Å². The largest absolute Gasteiger partial charge is 0.493 e. The van der Waals surface area contributed by atoms with Crippen LogP contribution in [0.1, 0.15) is 19.4 Å². The van der Waals surface area contributed by atoms with E-state index in [2.05, 4.69) is 22.2 Å². The Hall–Kier alpha value is -0.950. The van der Waals surface area contributed by atoms with E-state index in [4.69, 9.17) is 16.3 Å². The maximum Gasteiger partial charge on any atom is 0.191 e. The fourth-order valence-electron chi connectivity index (χ4n) is 1.62. The number of rotatable bonds is 7. The molecule has 118 valence electrons. The monoisotopic (exact) mass is 423 g/mol. The van der Waals surface area contributed by atoms with Crippen LogP contribution in [0.15, 0.2) is 35.8 Å². The Morgan fingerprint density at radius 2 is 2.14 bits per heavy atom. The van der Waals surface area contributed by atoms with E-state index in [9.17, 15) is 0 Å². The van der Waals surface area contributed by atoms with Gasteiger partial charge in [-0.1, -0.05) is 23.7 Å². The number of nitrogens with zero attached hydrogens (tertiary/aromatic N) is 1.